The summed E-state index contributed by atoms with van der Waals surface area (Å²) < 4.78 is 10.9. The van der Waals surface area contributed by atoms with E-state index in [-0.39, 0.29) is 12.5 Å². The van der Waals surface area contributed by atoms with Gasteiger partial charge >= 0.3 is 0 Å². The molecule has 0 radical (unpaired) electrons. The first-order valence-electron chi connectivity index (χ1n) is 9.12. The van der Waals surface area contributed by atoms with Crippen LogP contribution in [0, 0.1) is 0 Å². The lowest BCUT2D eigenvalue weighted by atomic mass is 10.2. The van der Waals surface area contributed by atoms with Crippen LogP contribution in [0.2, 0.25) is 0 Å². The molecule has 0 aliphatic heterocycles. The number of methoxy groups -OCH3 is 1. The van der Waals surface area contributed by atoms with Gasteiger partial charge in [-0.05, 0) is 31.9 Å². The number of rotatable bonds is 7. The van der Waals surface area contributed by atoms with Gasteiger partial charge < -0.3 is 25.0 Å². The third kappa shape index (κ3) is 5.82. The Labute approximate surface area is 155 Å². The van der Waals surface area contributed by atoms with Crippen LogP contribution in [0.3, 0.4) is 0 Å². The second-order valence-corrected chi connectivity index (χ2v) is 6.50. The molecule has 144 valence electrons. The van der Waals surface area contributed by atoms with Gasteiger partial charge in [-0.25, -0.2) is 4.99 Å². The van der Waals surface area contributed by atoms with Crippen LogP contribution in [0.15, 0.2) is 23.2 Å². The molecule has 0 aromatic heterocycles. The van der Waals surface area contributed by atoms with Crippen LogP contribution >= 0.6 is 0 Å². The molecule has 1 saturated carbocycles. The molecular weight excluding hydrogens is 332 g/mol. The largest absolute Gasteiger partial charge is 0.493 e. The molecule has 1 aromatic carbocycles. The highest BCUT2D eigenvalue weighted by atomic mass is 16.5. The van der Waals surface area contributed by atoms with Gasteiger partial charge in [0.15, 0.2) is 17.5 Å². The number of guanidine groups is 1. The van der Waals surface area contributed by atoms with Gasteiger partial charge in [-0.3, -0.25) is 4.79 Å². The lowest BCUT2D eigenvalue weighted by molar-refractivity contribution is -0.127. The normalized spacial score (nSPS) is 14.8. The molecule has 0 atom stereocenters. The lowest BCUT2D eigenvalue weighted by Crippen LogP contribution is -2.38. The van der Waals surface area contributed by atoms with Gasteiger partial charge in [0.25, 0.3) is 0 Å². The topological polar surface area (TPSA) is 75.2 Å². The maximum Gasteiger partial charge on any atom is 0.243 e. The highest BCUT2D eigenvalue weighted by Gasteiger charge is 2.17. The minimum Gasteiger partial charge on any atom is -0.493 e. The Balaban J connectivity index is 2.13. The standard InChI is InChI=1S/C19H30N4O3/c1-5-26-16-11-10-15(12-17(16)25-4)22-19(20-13-18(24)23(2)3)21-14-8-6-7-9-14/h10-12,14H,5-9,13H2,1-4H3,(H2,20,21,22). The van der Waals surface area contributed by atoms with E-state index < -0.39 is 0 Å². The lowest BCUT2D eigenvalue weighted by Gasteiger charge is -2.19. The summed E-state index contributed by atoms with van der Waals surface area (Å²) in [4.78, 5) is 17.9. The predicted octanol–water partition coefficient (Wildman–Crippen LogP) is 2.48. The summed E-state index contributed by atoms with van der Waals surface area (Å²) in [6.07, 6.45) is 4.68. The number of anilines is 1. The van der Waals surface area contributed by atoms with Gasteiger partial charge in [-0.1, -0.05) is 12.8 Å². The number of likely N-dealkylation sites (N-methyl/N-ethyl adjacent to an activating group) is 1. The van der Waals surface area contributed by atoms with Crippen LogP contribution in [0.1, 0.15) is 32.6 Å². The van der Waals surface area contributed by atoms with Crippen LogP contribution in [0.5, 0.6) is 11.5 Å². The summed E-state index contributed by atoms with van der Waals surface area (Å²) in [5.41, 5.74) is 0.826. The minimum atomic E-state index is -0.0400. The second kappa shape index (κ2) is 9.89. The third-order valence-electron chi connectivity index (χ3n) is 4.29. The fourth-order valence-electron chi connectivity index (χ4n) is 2.83. The number of nitrogens with zero attached hydrogens (tertiary/aromatic N) is 2. The molecule has 0 spiro atoms. The zero-order valence-corrected chi connectivity index (χ0v) is 16.2. The quantitative estimate of drug-likeness (QED) is 0.576. The van der Waals surface area contributed by atoms with Crippen molar-refractivity contribution < 1.29 is 14.3 Å². The molecule has 0 saturated heterocycles. The van der Waals surface area contributed by atoms with Gasteiger partial charge in [0.1, 0.15) is 6.54 Å². The van der Waals surface area contributed by atoms with E-state index in [2.05, 4.69) is 15.6 Å². The van der Waals surface area contributed by atoms with Crippen LogP contribution in [0.4, 0.5) is 5.69 Å². The molecule has 1 amide bonds. The molecule has 26 heavy (non-hydrogen) atoms. The molecule has 2 rings (SSSR count). The average Bonchev–Trinajstić information content (AvgIpc) is 3.13. The number of carbonyl (C=O) groups excluding carboxylic acids is 1. The van der Waals surface area contributed by atoms with Gasteiger partial charge in [0.05, 0.1) is 13.7 Å². The Morgan fingerprint density at radius 1 is 1.27 bits per heavy atom. The van der Waals surface area contributed by atoms with Gasteiger partial charge in [0, 0.05) is 31.9 Å². The molecule has 1 aromatic rings. The van der Waals surface area contributed by atoms with Crippen molar-refractivity contribution in [2.75, 3.05) is 39.7 Å². The van der Waals surface area contributed by atoms with Crippen LogP contribution in [-0.2, 0) is 4.79 Å². The maximum atomic E-state index is 11.9. The molecule has 2 N–H and O–H groups in total. The SMILES string of the molecule is CCOc1ccc(NC(=NCC(=O)N(C)C)NC2CCCC2)cc1OC. The summed E-state index contributed by atoms with van der Waals surface area (Å²) in [5, 5.41) is 6.71. The summed E-state index contributed by atoms with van der Waals surface area (Å²) >= 11 is 0. The molecule has 7 heteroatoms. The number of hydrogen-bond donors (Lipinski definition) is 2. The van der Waals surface area contributed by atoms with Crippen molar-refractivity contribution >= 4 is 17.6 Å². The molecule has 1 aliphatic rings. The fraction of sp³-hybridized carbons (Fsp3) is 0.579. The van der Waals surface area contributed by atoms with Gasteiger partial charge in [0.2, 0.25) is 5.91 Å². The molecule has 1 aliphatic carbocycles. The van der Waals surface area contributed by atoms with Crippen molar-refractivity contribution in [2.24, 2.45) is 4.99 Å². The Hall–Kier alpha value is -2.44. The van der Waals surface area contributed by atoms with Crippen molar-refractivity contribution in [3.8, 4) is 11.5 Å². The molecular formula is C19H30N4O3. The number of nitrogens with one attached hydrogen (secondary N) is 2. The molecule has 1 fully saturated rings. The van der Waals surface area contributed by atoms with Crippen molar-refractivity contribution in [1.29, 1.82) is 0 Å². The Morgan fingerprint density at radius 2 is 2.00 bits per heavy atom. The smallest absolute Gasteiger partial charge is 0.243 e. The van der Waals surface area contributed by atoms with Crippen molar-refractivity contribution in [2.45, 2.75) is 38.6 Å². The fourth-order valence-corrected chi connectivity index (χ4v) is 2.83. The van der Waals surface area contributed by atoms with E-state index in [0.717, 1.165) is 18.5 Å². The van der Waals surface area contributed by atoms with Gasteiger partial charge in [-0.15, -0.1) is 0 Å². The van der Waals surface area contributed by atoms with E-state index in [9.17, 15) is 4.79 Å². The highest BCUT2D eigenvalue weighted by Crippen LogP contribution is 2.30. The minimum absolute atomic E-state index is 0.0400. The predicted molar refractivity (Wildman–Crippen MR) is 104 cm³/mol. The Kier molecular flexibility index (Phi) is 7.56. The Bertz CT molecular complexity index is 625. The number of benzene rings is 1. The first kappa shape index (κ1) is 19.9. The maximum absolute atomic E-state index is 11.9. The van der Waals surface area contributed by atoms with Crippen LogP contribution in [-0.4, -0.2) is 57.2 Å². The van der Waals surface area contributed by atoms with Crippen molar-refractivity contribution in [1.82, 2.24) is 10.2 Å². The number of hydrogen-bond acceptors (Lipinski definition) is 4. The zero-order valence-electron chi connectivity index (χ0n) is 16.2. The first-order valence-corrected chi connectivity index (χ1v) is 9.12. The number of aliphatic imine (C=N–C) groups is 1. The number of ether oxygens (including phenoxy) is 2. The monoisotopic (exact) mass is 362 g/mol. The average molecular weight is 362 g/mol. The third-order valence-corrected chi connectivity index (χ3v) is 4.29. The van der Waals surface area contributed by atoms with E-state index in [1.54, 1.807) is 21.2 Å². The van der Waals surface area contributed by atoms with Crippen LogP contribution < -0.4 is 20.1 Å². The van der Waals surface area contributed by atoms with Crippen molar-refractivity contribution in [3.63, 3.8) is 0 Å². The Morgan fingerprint density at radius 3 is 2.62 bits per heavy atom. The number of amides is 1. The van der Waals surface area contributed by atoms with E-state index in [1.165, 1.54) is 17.7 Å². The number of carbonyl (C=O) groups is 1. The van der Waals surface area contributed by atoms with E-state index in [1.807, 2.05) is 25.1 Å². The van der Waals surface area contributed by atoms with E-state index >= 15 is 0 Å². The summed E-state index contributed by atoms with van der Waals surface area (Å²) in [7, 11) is 5.07. The summed E-state index contributed by atoms with van der Waals surface area (Å²) in [6.45, 7) is 2.61. The molecule has 0 heterocycles. The van der Waals surface area contributed by atoms with Gasteiger partial charge in [-0.2, -0.15) is 0 Å². The van der Waals surface area contributed by atoms with Crippen molar-refractivity contribution in [3.05, 3.63) is 18.2 Å². The van der Waals surface area contributed by atoms with E-state index in [4.69, 9.17) is 9.47 Å². The van der Waals surface area contributed by atoms with E-state index in [0.29, 0.717) is 30.1 Å². The zero-order chi connectivity index (χ0) is 18.9. The molecule has 0 unspecified atom stereocenters. The summed E-state index contributed by atoms with van der Waals surface area (Å²) in [6, 6.07) is 6.03. The van der Waals surface area contributed by atoms with Crippen LogP contribution in [0.25, 0.3) is 0 Å². The first-order chi connectivity index (χ1) is 12.5. The molecule has 7 nitrogen and oxygen atoms in total. The second-order valence-electron chi connectivity index (χ2n) is 6.50. The highest BCUT2D eigenvalue weighted by molar-refractivity contribution is 5.95. The molecule has 0 bridgehead atoms. The summed E-state index contributed by atoms with van der Waals surface area (Å²) in [5.74, 6) is 1.92.